The molecule has 0 aliphatic carbocycles. The van der Waals surface area contributed by atoms with E-state index in [0.29, 0.717) is 0 Å². The predicted molar refractivity (Wildman–Crippen MR) is 183 cm³/mol. The van der Waals surface area contributed by atoms with Gasteiger partial charge in [0.25, 0.3) is 0 Å². The average molecular weight is 983 g/mol. The summed E-state index contributed by atoms with van der Waals surface area (Å²) in [4.78, 5) is 2.95. The van der Waals surface area contributed by atoms with E-state index >= 15 is 0 Å². The van der Waals surface area contributed by atoms with Gasteiger partial charge in [-0.25, -0.2) is 0 Å². The molecule has 1 heterocycles. The molecule has 0 radical (unpaired) electrons. The highest BCUT2D eigenvalue weighted by atomic mass is 19.4. The molecule has 66 heavy (non-hydrogen) atoms. The van der Waals surface area contributed by atoms with E-state index in [0.717, 1.165) is 11.1 Å². The first-order chi connectivity index (χ1) is 29.7. The minimum Gasteiger partial charge on any atom is -0.404 e. The Morgan fingerprint density at radius 1 is 0.303 bits per heavy atom. The summed E-state index contributed by atoms with van der Waals surface area (Å²) >= 11 is 0. The Morgan fingerprint density at radius 2 is 0.515 bits per heavy atom. The van der Waals surface area contributed by atoms with Crippen LogP contribution < -0.4 is 26.8 Å². The van der Waals surface area contributed by atoms with Crippen molar-refractivity contribution in [2.45, 2.75) is 49.4 Å². The SMILES string of the molecule is FC(F)(F)c1cc([B-](c2cc(C(F)(F)F)cc(C(F)(F)F)c2)(c2cc(C(F)(F)F)cc(C(F)(F)F)c2)c2cc(C(F)(F)F)cc(C(F)(F)F)c2)cc(C(F)(F)F)c1.c1ccc2oc[nH+]c2c1. The summed E-state index contributed by atoms with van der Waals surface area (Å²) < 4.78 is 346. The third-order valence-electron chi connectivity index (χ3n) is 9.73. The number of nitrogens with one attached hydrogen (secondary N) is 1. The Labute approximate surface area is 351 Å². The molecule has 0 atom stereocenters. The lowest BCUT2D eigenvalue weighted by Gasteiger charge is -2.46. The van der Waals surface area contributed by atoms with Crippen molar-refractivity contribution in [3.8, 4) is 0 Å². The van der Waals surface area contributed by atoms with E-state index in [2.05, 4.69) is 4.98 Å². The number of rotatable bonds is 4. The largest absolute Gasteiger partial charge is 0.416 e. The van der Waals surface area contributed by atoms with Crippen LogP contribution in [0, 0.1) is 0 Å². The fourth-order valence-corrected chi connectivity index (χ4v) is 6.92. The van der Waals surface area contributed by atoms with Crippen LogP contribution in [0.2, 0.25) is 0 Å². The second kappa shape index (κ2) is 16.7. The normalized spacial score (nSPS) is 13.8. The first kappa shape index (κ1) is 50.9. The summed E-state index contributed by atoms with van der Waals surface area (Å²) in [6.07, 6.45) is -53.2. The summed E-state index contributed by atoms with van der Waals surface area (Å²) in [5, 5.41) is 0. The predicted octanol–water partition coefficient (Wildman–Crippen LogP) is 12.5. The summed E-state index contributed by atoms with van der Waals surface area (Å²) in [6, 6.07) is -1.01. The van der Waals surface area contributed by atoms with Gasteiger partial charge in [0.15, 0.2) is 0 Å². The molecule has 0 bridgehead atoms. The molecule has 356 valence electrons. The van der Waals surface area contributed by atoms with E-state index in [1.807, 2.05) is 24.3 Å². The van der Waals surface area contributed by atoms with Crippen LogP contribution >= 0.6 is 0 Å². The van der Waals surface area contributed by atoms with Crippen molar-refractivity contribution in [2.75, 3.05) is 0 Å². The van der Waals surface area contributed by atoms with Gasteiger partial charge in [0, 0.05) is 6.07 Å². The van der Waals surface area contributed by atoms with Crippen molar-refractivity contribution in [1.82, 2.24) is 0 Å². The molecule has 0 spiro atoms. The van der Waals surface area contributed by atoms with Crippen LogP contribution in [0.15, 0.2) is 108 Å². The fraction of sp³-hybridized carbons (Fsp3) is 0.205. The first-order valence-corrected chi connectivity index (χ1v) is 17.4. The highest BCUT2D eigenvalue weighted by Crippen LogP contribution is 2.41. The molecule has 0 saturated heterocycles. The minimum atomic E-state index is -6.13. The van der Waals surface area contributed by atoms with Crippen molar-refractivity contribution in [2.24, 2.45) is 0 Å². The van der Waals surface area contributed by atoms with Gasteiger partial charge in [-0.05, 0) is 30.3 Å². The highest BCUT2D eigenvalue weighted by molar-refractivity contribution is 7.20. The van der Waals surface area contributed by atoms with Crippen molar-refractivity contribution in [1.29, 1.82) is 0 Å². The van der Waals surface area contributed by atoms with E-state index in [1.165, 1.54) is 0 Å². The number of fused-ring (bicyclic) bond motifs is 1. The van der Waals surface area contributed by atoms with Crippen LogP contribution in [0.3, 0.4) is 0 Å². The standard InChI is InChI=1S/C32H12BF24.C7H5NO/c34-25(35,36)13-1-14(26(37,38)39)6-21(5-13)33(22-7-15(27(40,41)42)2-16(8-22)28(43,44)45,23-9-17(29(46,47)48)3-18(10-23)30(49,50)51)24-11-19(31(52,53)54)4-20(12-24)32(55,56)57;1-2-4-7-6(3-1)8-5-9-7/h1-12H;1-5H/q-1;/p+1. The van der Waals surface area contributed by atoms with Crippen molar-refractivity contribution < 1.29 is 115 Å². The van der Waals surface area contributed by atoms with Gasteiger partial charge in [-0.3, -0.25) is 0 Å². The number of alkyl halides is 24. The summed E-state index contributed by atoms with van der Waals surface area (Å²) in [6.45, 7) is 0. The number of aromatic amines is 1. The molecule has 6 rings (SSSR count). The Bertz CT molecular complexity index is 2240. The number of para-hydroxylation sites is 2. The number of oxazole rings is 1. The molecule has 6 aromatic rings. The number of hydrogen-bond acceptors (Lipinski definition) is 1. The summed E-state index contributed by atoms with van der Waals surface area (Å²) in [5.74, 6) is 0. The van der Waals surface area contributed by atoms with Gasteiger partial charge in [-0.1, -0.05) is 60.7 Å². The quantitative estimate of drug-likeness (QED) is 0.128. The number of benzene rings is 5. The third kappa shape index (κ3) is 11.0. The van der Waals surface area contributed by atoms with Gasteiger partial charge in [0.1, 0.15) is 6.15 Å². The van der Waals surface area contributed by atoms with Gasteiger partial charge in [0.05, 0.1) is 44.5 Å². The highest BCUT2D eigenvalue weighted by Gasteiger charge is 2.47. The number of aromatic nitrogens is 1. The Hall–Kier alpha value is -6.05. The number of hydrogen-bond donors (Lipinski definition) is 0. The van der Waals surface area contributed by atoms with Crippen molar-refractivity contribution in [3.63, 3.8) is 0 Å². The van der Waals surface area contributed by atoms with Crippen LogP contribution in [0.5, 0.6) is 0 Å². The molecule has 0 unspecified atom stereocenters. The molecule has 5 aromatic carbocycles. The zero-order valence-electron chi connectivity index (χ0n) is 31.4. The molecule has 27 heteroatoms. The molecule has 0 aliphatic rings. The smallest absolute Gasteiger partial charge is 0.404 e. The summed E-state index contributed by atoms with van der Waals surface area (Å²) in [7, 11) is 0. The maximum Gasteiger partial charge on any atom is 0.416 e. The van der Waals surface area contributed by atoms with E-state index in [4.69, 9.17) is 4.42 Å². The lowest BCUT2D eigenvalue weighted by molar-refractivity contribution is -0.354. The van der Waals surface area contributed by atoms with Crippen LogP contribution in [0.25, 0.3) is 11.1 Å². The Kier molecular flexibility index (Phi) is 12.9. The molecule has 1 aromatic heterocycles. The molecular weight excluding hydrogens is 965 g/mol. The second-order valence-electron chi connectivity index (χ2n) is 14.1. The molecule has 0 saturated carbocycles. The van der Waals surface area contributed by atoms with Crippen LogP contribution in [0.1, 0.15) is 44.5 Å². The van der Waals surface area contributed by atoms with Gasteiger partial charge in [0.2, 0.25) is 11.1 Å². The van der Waals surface area contributed by atoms with Crippen molar-refractivity contribution >= 4 is 39.1 Å². The van der Waals surface area contributed by atoms with Crippen LogP contribution in [0.4, 0.5) is 105 Å². The second-order valence-corrected chi connectivity index (χ2v) is 14.1. The Balaban J connectivity index is 0.000000798. The molecule has 0 amide bonds. The summed E-state index contributed by atoms with van der Waals surface area (Å²) in [5.41, 5.74) is -28.3. The zero-order valence-corrected chi connectivity index (χ0v) is 31.4. The number of H-pyrrole nitrogens is 1. The molecule has 0 fully saturated rings. The van der Waals surface area contributed by atoms with Crippen LogP contribution in [-0.4, -0.2) is 6.15 Å². The lowest BCUT2D eigenvalue weighted by atomic mass is 9.12. The lowest BCUT2D eigenvalue weighted by Crippen LogP contribution is -2.75. The fourth-order valence-electron chi connectivity index (χ4n) is 6.92. The molecule has 0 aliphatic heterocycles. The third-order valence-corrected chi connectivity index (χ3v) is 9.73. The van der Waals surface area contributed by atoms with E-state index in [9.17, 15) is 105 Å². The molecular formula is C39H18BF24NO. The van der Waals surface area contributed by atoms with Crippen LogP contribution in [-0.2, 0) is 49.4 Å². The Morgan fingerprint density at radius 3 is 0.712 bits per heavy atom. The maximum atomic E-state index is 14.2. The molecule has 2 nitrogen and oxygen atoms in total. The average Bonchev–Trinajstić information content (AvgIpc) is 3.65. The minimum absolute atomic E-state index is 0.691. The maximum absolute atomic E-state index is 14.2. The topological polar surface area (TPSA) is 27.3 Å². The van der Waals surface area contributed by atoms with Gasteiger partial charge >= 0.3 is 55.8 Å². The number of halogens is 24. The molecule has 1 N–H and O–H groups in total. The van der Waals surface area contributed by atoms with Gasteiger partial charge < -0.3 is 4.42 Å². The zero-order chi connectivity index (χ0) is 50.0. The van der Waals surface area contributed by atoms with Gasteiger partial charge in [-0.2, -0.15) is 132 Å². The van der Waals surface area contributed by atoms with E-state index in [-0.39, 0.29) is 0 Å². The monoisotopic (exact) mass is 983 g/mol. The van der Waals surface area contributed by atoms with Gasteiger partial charge in [-0.15, -0.1) is 0 Å². The van der Waals surface area contributed by atoms with Crippen molar-refractivity contribution in [3.05, 3.63) is 148 Å². The first-order valence-electron chi connectivity index (χ1n) is 17.4. The van der Waals surface area contributed by atoms with E-state index < -0.39 is 195 Å². The van der Waals surface area contributed by atoms with E-state index in [1.54, 1.807) is 6.39 Å².